The van der Waals surface area contributed by atoms with Gasteiger partial charge in [0.1, 0.15) is 11.9 Å². The van der Waals surface area contributed by atoms with Crippen molar-refractivity contribution in [2.45, 2.75) is 31.5 Å². The van der Waals surface area contributed by atoms with Crippen molar-refractivity contribution in [2.75, 3.05) is 19.6 Å². The molecule has 1 aromatic carbocycles. The number of carbonyl (C=O) groups excluding carboxylic acids is 1. The molecule has 2 heterocycles. The third-order valence-corrected chi connectivity index (χ3v) is 4.98. The molecule has 2 unspecified atom stereocenters. The van der Waals surface area contributed by atoms with Crippen LogP contribution in [0.4, 0.5) is 13.2 Å². The van der Waals surface area contributed by atoms with Crippen LogP contribution in [0.3, 0.4) is 0 Å². The van der Waals surface area contributed by atoms with Gasteiger partial charge in [0.15, 0.2) is 0 Å². The van der Waals surface area contributed by atoms with Crippen LogP contribution in [0.25, 0.3) is 0 Å². The van der Waals surface area contributed by atoms with Crippen LogP contribution in [0, 0.1) is 0 Å². The van der Waals surface area contributed by atoms with Crippen LogP contribution in [0.5, 0.6) is 0 Å². The van der Waals surface area contributed by atoms with Crippen LogP contribution in [-0.4, -0.2) is 40.0 Å². The number of alkyl halides is 3. The van der Waals surface area contributed by atoms with Crippen molar-refractivity contribution < 1.29 is 18.0 Å². The Morgan fingerprint density at radius 3 is 2.79 bits per heavy atom. The number of rotatable bonds is 4. The fourth-order valence-corrected chi connectivity index (χ4v) is 3.45. The van der Waals surface area contributed by atoms with Gasteiger partial charge in [0, 0.05) is 45.5 Å². The molecule has 1 aromatic heterocycles. The topological polar surface area (TPSA) is 50.2 Å². The van der Waals surface area contributed by atoms with E-state index in [1.54, 1.807) is 24.1 Å². The molecule has 1 fully saturated rings. The normalized spacial score (nSPS) is 18.5. The average Bonchev–Trinajstić information content (AvgIpc) is 3.07. The number of piperazine rings is 1. The Balaban J connectivity index is 0.00000280. The molecule has 28 heavy (non-hydrogen) atoms. The van der Waals surface area contributed by atoms with E-state index >= 15 is 0 Å². The highest BCUT2D eigenvalue weighted by molar-refractivity contribution is 5.85. The number of halogens is 4. The largest absolute Gasteiger partial charge is 0.416 e. The Labute approximate surface area is 168 Å². The Hall–Kier alpha value is -2.06. The van der Waals surface area contributed by atoms with Crippen molar-refractivity contribution in [3.8, 4) is 0 Å². The quantitative estimate of drug-likeness (QED) is 0.829. The number of amides is 1. The van der Waals surface area contributed by atoms with Gasteiger partial charge < -0.3 is 14.8 Å². The second-order valence-corrected chi connectivity index (χ2v) is 6.93. The highest BCUT2D eigenvalue weighted by atomic mass is 35.5. The molecular formula is C19H24ClF3N4O. The van der Waals surface area contributed by atoms with E-state index in [1.807, 2.05) is 17.8 Å². The first-order chi connectivity index (χ1) is 12.8. The van der Waals surface area contributed by atoms with Crippen molar-refractivity contribution >= 4 is 18.3 Å². The van der Waals surface area contributed by atoms with E-state index in [-0.39, 0.29) is 36.7 Å². The molecule has 1 aliphatic rings. The van der Waals surface area contributed by atoms with E-state index in [0.29, 0.717) is 25.2 Å². The third kappa shape index (κ3) is 4.86. The standard InChI is InChI=1S/C19H23F3N4O.ClH/c1-13(14-4-3-5-15(11-14)19(20,21)22)10-17(27)26-9-6-23-12-16(26)18-24-7-8-25(18)2;/h3-5,7-8,11,13,16,23H,6,9-10,12H2,1-2H3;1H. The summed E-state index contributed by atoms with van der Waals surface area (Å²) in [6, 6.07) is 5.03. The van der Waals surface area contributed by atoms with Crippen LogP contribution in [0.1, 0.15) is 42.3 Å². The number of nitrogens with zero attached hydrogens (tertiary/aromatic N) is 3. The first-order valence-corrected chi connectivity index (χ1v) is 8.92. The molecule has 0 saturated carbocycles. The van der Waals surface area contributed by atoms with Gasteiger partial charge in [-0.25, -0.2) is 4.98 Å². The second kappa shape index (κ2) is 8.96. The summed E-state index contributed by atoms with van der Waals surface area (Å²) < 4.78 is 40.7. The van der Waals surface area contributed by atoms with Crippen LogP contribution >= 0.6 is 12.4 Å². The number of nitrogens with one attached hydrogen (secondary N) is 1. The zero-order valence-corrected chi connectivity index (χ0v) is 16.6. The minimum absolute atomic E-state index is 0. The summed E-state index contributed by atoms with van der Waals surface area (Å²) in [5.41, 5.74) is -0.172. The lowest BCUT2D eigenvalue weighted by Gasteiger charge is -2.36. The summed E-state index contributed by atoms with van der Waals surface area (Å²) in [5.74, 6) is 0.411. The van der Waals surface area contributed by atoms with Crippen molar-refractivity contribution in [3.63, 3.8) is 0 Å². The second-order valence-electron chi connectivity index (χ2n) is 6.93. The molecule has 3 rings (SSSR count). The number of aromatic nitrogens is 2. The minimum Gasteiger partial charge on any atom is -0.336 e. The van der Waals surface area contributed by atoms with Crippen molar-refractivity contribution in [1.82, 2.24) is 19.8 Å². The average molecular weight is 417 g/mol. The maximum Gasteiger partial charge on any atom is 0.416 e. The molecule has 2 atom stereocenters. The van der Waals surface area contributed by atoms with Crippen molar-refractivity contribution in [3.05, 3.63) is 53.6 Å². The molecule has 0 bridgehead atoms. The fraction of sp³-hybridized carbons (Fsp3) is 0.474. The monoisotopic (exact) mass is 416 g/mol. The zero-order chi connectivity index (χ0) is 19.6. The summed E-state index contributed by atoms with van der Waals surface area (Å²) in [6.07, 6.45) is -0.709. The van der Waals surface area contributed by atoms with E-state index in [4.69, 9.17) is 0 Å². The number of benzene rings is 1. The van der Waals surface area contributed by atoms with E-state index in [0.717, 1.165) is 18.0 Å². The van der Waals surface area contributed by atoms with Gasteiger partial charge in [0.25, 0.3) is 0 Å². The molecule has 9 heteroatoms. The van der Waals surface area contributed by atoms with E-state index in [2.05, 4.69) is 10.3 Å². The third-order valence-electron chi connectivity index (χ3n) is 4.98. The first kappa shape index (κ1) is 22.2. The van der Waals surface area contributed by atoms with Crippen molar-refractivity contribution in [1.29, 1.82) is 0 Å². The predicted octanol–water partition coefficient (Wildman–Crippen LogP) is 3.53. The van der Waals surface area contributed by atoms with Gasteiger partial charge in [-0.05, 0) is 17.5 Å². The SMILES string of the molecule is CC(CC(=O)N1CCNCC1c1nccn1C)c1cccc(C(F)(F)F)c1.Cl. The summed E-state index contributed by atoms with van der Waals surface area (Å²) in [6.45, 7) is 3.62. The molecule has 1 amide bonds. The molecule has 1 saturated heterocycles. The number of imidazole rings is 1. The zero-order valence-electron chi connectivity index (χ0n) is 15.7. The molecule has 1 N–H and O–H groups in total. The van der Waals surface area contributed by atoms with Crippen LogP contribution in [-0.2, 0) is 18.0 Å². The maximum atomic E-state index is 12.9. The van der Waals surface area contributed by atoms with Gasteiger partial charge in [-0.1, -0.05) is 25.1 Å². The molecule has 0 spiro atoms. The Morgan fingerprint density at radius 1 is 1.39 bits per heavy atom. The Morgan fingerprint density at radius 2 is 2.14 bits per heavy atom. The van der Waals surface area contributed by atoms with Crippen LogP contribution in [0.15, 0.2) is 36.7 Å². The van der Waals surface area contributed by atoms with Gasteiger partial charge in [-0.3, -0.25) is 4.79 Å². The predicted molar refractivity (Wildman–Crippen MR) is 102 cm³/mol. The summed E-state index contributed by atoms with van der Waals surface area (Å²) >= 11 is 0. The lowest BCUT2D eigenvalue weighted by Crippen LogP contribution is -2.49. The first-order valence-electron chi connectivity index (χ1n) is 8.92. The van der Waals surface area contributed by atoms with Crippen LogP contribution < -0.4 is 5.32 Å². The number of hydrogen-bond acceptors (Lipinski definition) is 3. The summed E-state index contributed by atoms with van der Waals surface area (Å²) in [5, 5.41) is 3.27. The molecular weight excluding hydrogens is 393 g/mol. The molecule has 1 aliphatic heterocycles. The molecule has 2 aromatic rings. The van der Waals surface area contributed by atoms with Gasteiger partial charge >= 0.3 is 6.18 Å². The Bertz CT molecular complexity index is 808. The van der Waals surface area contributed by atoms with Gasteiger partial charge in [0.05, 0.1) is 5.56 Å². The fourth-order valence-electron chi connectivity index (χ4n) is 3.45. The van der Waals surface area contributed by atoms with Gasteiger partial charge in [-0.2, -0.15) is 13.2 Å². The van der Waals surface area contributed by atoms with Crippen molar-refractivity contribution in [2.24, 2.45) is 7.05 Å². The van der Waals surface area contributed by atoms with Gasteiger partial charge in [-0.15, -0.1) is 12.4 Å². The maximum absolute atomic E-state index is 12.9. The number of carbonyl (C=O) groups is 1. The Kier molecular flexibility index (Phi) is 7.11. The molecule has 0 aliphatic carbocycles. The lowest BCUT2D eigenvalue weighted by molar-refractivity contribution is -0.137. The summed E-state index contributed by atoms with van der Waals surface area (Å²) in [7, 11) is 1.88. The lowest BCUT2D eigenvalue weighted by atomic mass is 9.95. The van der Waals surface area contributed by atoms with E-state index in [9.17, 15) is 18.0 Å². The number of aryl methyl sites for hydroxylation is 1. The molecule has 154 valence electrons. The smallest absolute Gasteiger partial charge is 0.336 e. The van der Waals surface area contributed by atoms with Gasteiger partial charge in [0.2, 0.25) is 5.91 Å². The molecule has 0 radical (unpaired) electrons. The highest BCUT2D eigenvalue weighted by Gasteiger charge is 2.33. The molecule has 5 nitrogen and oxygen atoms in total. The van der Waals surface area contributed by atoms with E-state index < -0.39 is 11.7 Å². The van der Waals surface area contributed by atoms with E-state index in [1.165, 1.54) is 6.07 Å². The van der Waals surface area contributed by atoms with Crippen LogP contribution in [0.2, 0.25) is 0 Å². The summed E-state index contributed by atoms with van der Waals surface area (Å²) in [4.78, 5) is 19.1. The highest BCUT2D eigenvalue weighted by Crippen LogP contribution is 2.32. The minimum atomic E-state index is -4.39. The number of hydrogen-bond donors (Lipinski definition) is 1.